The van der Waals surface area contributed by atoms with Crippen molar-refractivity contribution in [3.8, 4) is 5.75 Å². The van der Waals surface area contributed by atoms with E-state index in [9.17, 15) is 19.5 Å². The second-order valence-electron chi connectivity index (χ2n) is 12.6. The van der Waals surface area contributed by atoms with E-state index in [-0.39, 0.29) is 29.2 Å². The highest BCUT2D eigenvalue weighted by atomic mass is 16.5. The number of amides is 1. The van der Waals surface area contributed by atoms with Gasteiger partial charge >= 0.3 is 0 Å². The minimum Gasteiger partial charge on any atom is -0.507 e. The molecule has 1 saturated heterocycles. The summed E-state index contributed by atoms with van der Waals surface area (Å²) in [6, 6.07) is 1.23. The monoisotopic (exact) mass is 548 g/mol. The number of hydrogen-bond donors (Lipinski definition) is 2. The fraction of sp³-hybridized carbons (Fsp3) is 0.581. The number of methoxy groups -OCH3 is 1. The molecule has 1 aliphatic heterocycles. The molecule has 4 aliphatic carbocycles. The van der Waals surface area contributed by atoms with E-state index >= 15 is 0 Å². The van der Waals surface area contributed by atoms with Gasteiger partial charge < -0.3 is 20.5 Å². The summed E-state index contributed by atoms with van der Waals surface area (Å²) in [6.45, 7) is 4.71. The third-order valence-electron chi connectivity index (χ3n) is 10.2. The van der Waals surface area contributed by atoms with Gasteiger partial charge in [0.15, 0.2) is 11.6 Å². The number of fused-ring (bicyclic) bond motifs is 2. The van der Waals surface area contributed by atoms with Gasteiger partial charge in [-0.25, -0.2) is 0 Å². The van der Waals surface area contributed by atoms with E-state index in [1.165, 1.54) is 12.8 Å². The number of Topliss-reactive ketones (excluding diaryl/α,β-unsaturated/α-hetero) is 2. The molecule has 9 nitrogen and oxygen atoms in total. The first-order valence-corrected chi connectivity index (χ1v) is 14.3. The van der Waals surface area contributed by atoms with Crippen LogP contribution in [0.3, 0.4) is 0 Å². The highest BCUT2D eigenvalue weighted by Gasteiger charge is 2.72. The second kappa shape index (κ2) is 9.17. The van der Waals surface area contributed by atoms with Crippen LogP contribution >= 0.6 is 0 Å². The lowest BCUT2D eigenvalue weighted by atomic mass is 9.56. The predicted octanol–water partition coefficient (Wildman–Crippen LogP) is 2.26. The maximum absolute atomic E-state index is 14.4. The Balaban J connectivity index is 1.53. The third kappa shape index (κ3) is 3.43. The van der Waals surface area contributed by atoms with Crippen LogP contribution in [0.2, 0.25) is 0 Å². The number of rotatable bonds is 6. The Hall–Kier alpha value is -3.17. The molecule has 6 rings (SSSR count). The summed E-state index contributed by atoms with van der Waals surface area (Å²) in [7, 11) is 9.25. The summed E-state index contributed by atoms with van der Waals surface area (Å²) in [5.74, 6) is -1.93. The number of phenols is 1. The van der Waals surface area contributed by atoms with E-state index in [4.69, 9.17) is 10.5 Å². The zero-order valence-corrected chi connectivity index (χ0v) is 24.3. The number of benzene rings is 1. The largest absolute Gasteiger partial charge is 0.507 e. The Kier molecular flexibility index (Phi) is 6.20. The number of ether oxygens (including phenoxy) is 1. The van der Waals surface area contributed by atoms with Gasteiger partial charge in [-0.2, -0.15) is 0 Å². The minimum atomic E-state index is -1.03. The highest BCUT2D eigenvalue weighted by Crippen LogP contribution is 2.73. The number of likely N-dealkylation sites (tertiary alicyclic amines) is 1. The maximum atomic E-state index is 14.4. The molecule has 9 heteroatoms. The first kappa shape index (κ1) is 27.0. The lowest BCUT2D eigenvalue weighted by molar-refractivity contribution is -0.138. The topological polar surface area (TPSA) is 116 Å². The Morgan fingerprint density at radius 3 is 2.45 bits per heavy atom. The van der Waals surface area contributed by atoms with Crippen LogP contribution in [0.4, 0.5) is 5.69 Å². The van der Waals surface area contributed by atoms with E-state index in [1.807, 2.05) is 40.0 Å². The van der Waals surface area contributed by atoms with Crippen molar-refractivity contribution in [2.24, 2.45) is 28.9 Å². The molecule has 0 aromatic heterocycles. The normalized spacial score (nSPS) is 31.2. The van der Waals surface area contributed by atoms with Gasteiger partial charge in [0, 0.05) is 37.8 Å². The van der Waals surface area contributed by atoms with Crippen LogP contribution in [0.1, 0.15) is 47.7 Å². The van der Waals surface area contributed by atoms with Gasteiger partial charge in [-0.1, -0.05) is 5.57 Å². The Morgan fingerprint density at radius 2 is 1.88 bits per heavy atom. The number of primary amides is 1. The molecule has 3 N–H and O–H groups in total. The maximum Gasteiger partial charge on any atom is 0.232 e. The molecule has 0 bridgehead atoms. The van der Waals surface area contributed by atoms with E-state index in [1.54, 1.807) is 13.2 Å². The molecule has 214 valence electrons. The zero-order chi connectivity index (χ0) is 28.8. The fourth-order valence-corrected chi connectivity index (χ4v) is 8.82. The molecule has 1 aromatic rings. The summed E-state index contributed by atoms with van der Waals surface area (Å²) in [5.41, 5.74) is 10.4. The van der Waals surface area contributed by atoms with Crippen molar-refractivity contribution in [1.29, 1.82) is 0 Å². The van der Waals surface area contributed by atoms with Gasteiger partial charge in [-0.15, -0.1) is 0 Å². The molecule has 1 amide bonds. The van der Waals surface area contributed by atoms with Crippen molar-refractivity contribution in [3.63, 3.8) is 0 Å². The summed E-state index contributed by atoms with van der Waals surface area (Å²) < 4.78 is 6.09. The standard InChI is InChI=1S/C31H40N4O5/c1-15-24-23(30(32)39)28(38)26(34(4)5)19-12-16-11-18-22(27(37)21(16)29(40-6)31(15,19)24)20(36)13-17(25(18)33(2)3)14-35-9-7-8-10-35/h13,16,19,23,26,36H,7-12,14H2,1-6H3,(H2,32,39). The van der Waals surface area contributed by atoms with Crippen molar-refractivity contribution in [2.45, 2.75) is 45.2 Å². The quantitative estimate of drug-likeness (QED) is 0.411. The lowest BCUT2D eigenvalue weighted by Gasteiger charge is -2.50. The summed E-state index contributed by atoms with van der Waals surface area (Å²) in [4.78, 5) is 47.0. The number of aromatic hydroxyl groups is 1. The van der Waals surface area contributed by atoms with Crippen molar-refractivity contribution in [2.75, 3.05) is 53.3 Å². The molecular formula is C31H40N4O5. The summed E-state index contributed by atoms with van der Waals surface area (Å²) in [5, 5.41) is 11.3. The van der Waals surface area contributed by atoms with Crippen molar-refractivity contribution < 1.29 is 24.2 Å². The van der Waals surface area contributed by atoms with Crippen molar-refractivity contribution >= 4 is 23.2 Å². The number of ketones is 2. The second-order valence-corrected chi connectivity index (χ2v) is 12.6. The molecular weight excluding hydrogens is 508 g/mol. The Bertz CT molecular complexity index is 1400. The van der Waals surface area contributed by atoms with Crippen LogP contribution in [0, 0.1) is 23.2 Å². The van der Waals surface area contributed by atoms with E-state index in [0.717, 1.165) is 42.0 Å². The highest BCUT2D eigenvalue weighted by molar-refractivity contribution is 6.16. The van der Waals surface area contributed by atoms with Crippen LogP contribution in [-0.4, -0.2) is 86.8 Å². The van der Waals surface area contributed by atoms with Gasteiger partial charge in [-0.3, -0.25) is 24.2 Å². The number of anilines is 1. The molecule has 40 heavy (non-hydrogen) atoms. The van der Waals surface area contributed by atoms with E-state index in [0.29, 0.717) is 35.3 Å². The first-order valence-electron chi connectivity index (χ1n) is 14.3. The number of phenolic OH excluding ortho intramolecular Hbond substituents is 1. The number of nitrogens with two attached hydrogens (primary N) is 1. The zero-order valence-electron chi connectivity index (χ0n) is 24.3. The minimum absolute atomic E-state index is 0.00141. The smallest absolute Gasteiger partial charge is 0.232 e. The van der Waals surface area contributed by atoms with E-state index in [2.05, 4.69) is 9.80 Å². The molecule has 1 heterocycles. The lowest BCUT2D eigenvalue weighted by Crippen LogP contribution is -2.58. The average molecular weight is 549 g/mol. The first-order chi connectivity index (χ1) is 19.0. The van der Waals surface area contributed by atoms with Crippen molar-refractivity contribution in [3.05, 3.63) is 45.2 Å². The molecule has 2 fully saturated rings. The van der Waals surface area contributed by atoms with Crippen LogP contribution < -0.4 is 10.6 Å². The van der Waals surface area contributed by atoms with Crippen LogP contribution in [-0.2, 0) is 27.3 Å². The van der Waals surface area contributed by atoms with Gasteiger partial charge in [0.2, 0.25) is 5.91 Å². The molecule has 1 aromatic carbocycles. The molecule has 5 aliphatic rings. The molecule has 1 spiro atoms. The van der Waals surface area contributed by atoms with Crippen LogP contribution in [0.15, 0.2) is 28.5 Å². The number of allylic oxidation sites excluding steroid dienone is 2. The number of carbonyl (C=O) groups is 3. The fourth-order valence-electron chi connectivity index (χ4n) is 8.82. The third-order valence-corrected chi connectivity index (χ3v) is 10.2. The van der Waals surface area contributed by atoms with E-state index < -0.39 is 23.3 Å². The van der Waals surface area contributed by atoms with Gasteiger partial charge in [-0.05, 0) is 88.5 Å². The number of carbonyl (C=O) groups excluding carboxylic acids is 3. The summed E-state index contributed by atoms with van der Waals surface area (Å²) >= 11 is 0. The Labute approximate surface area is 235 Å². The molecule has 5 atom stereocenters. The van der Waals surface area contributed by atoms with Crippen molar-refractivity contribution in [1.82, 2.24) is 9.80 Å². The van der Waals surface area contributed by atoms with Gasteiger partial charge in [0.25, 0.3) is 0 Å². The number of likely N-dealkylation sites (N-methyl/N-ethyl adjacent to an activating group) is 1. The summed E-state index contributed by atoms with van der Waals surface area (Å²) in [6.07, 6.45) is 3.50. The number of nitrogens with zero attached hydrogens (tertiary/aromatic N) is 3. The average Bonchev–Trinajstić information content (AvgIpc) is 3.20. The van der Waals surface area contributed by atoms with Gasteiger partial charge in [0.05, 0.1) is 24.1 Å². The molecule has 1 saturated carbocycles. The van der Waals surface area contributed by atoms with Gasteiger partial charge in [0.1, 0.15) is 17.4 Å². The van der Waals surface area contributed by atoms with Crippen LogP contribution in [0.5, 0.6) is 5.75 Å². The predicted molar refractivity (Wildman–Crippen MR) is 151 cm³/mol. The van der Waals surface area contributed by atoms with Crippen LogP contribution in [0.25, 0.3) is 0 Å². The number of hydrogen-bond acceptors (Lipinski definition) is 8. The molecule has 0 radical (unpaired) electrons. The Morgan fingerprint density at radius 1 is 1.20 bits per heavy atom. The molecule has 5 unspecified atom stereocenters. The SMILES string of the molecule is COC1=C2C(=O)c3c(O)cc(CN4CCCC4)c(N(C)C)c3CC2CC2C(N(C)C)C(=O)C(C(N)=O)C3=C(C)C132.